The predicted octanol–water partition coefficient (Wildman–Crippen LogP) is 2.26. The van der Waals surface area contributed by atoms with Crippen molar-refractivity contribution in [3.63, 3.8) is 0 Å². The van der Waals surface area contributed by atoms with E-state index in [1.165, 1.54) is 0 Å². The van der Waals surface area contributed by atoms with Crippen molar-refractivity contribution in [2.24, 2.45) is 5.92 Å². The highest BCUT2D eigenvalue weighted by Gasteiger charge is 2.27. The fourth-order valence-corrected chi connectivity index (χ4v) is 3.10. The zero-order valence-corrected chi connectivity index (χ0v) is 14.9. The molecule has 3 rings (SSSR count). The van der Waals surface area contributed by atoms with E-state index >= 15 is 0 Å². The van der Waals surface area contributed by atoms with E-state index < -0.39 is 0 Å². The number of nitrogens with one attached hydrogen (secondary N) is 1. The Hall–Kier alpha value is -2.89. The first-order valence-corrected chi connectivity index (χ1v) is 8.77. The van der Waals surface area contributed by atoms with Crippen LogP contribution in [0.1, 0.15) is 28.8 Å². The van der Waals surface area contributed by atoms with Gasteiger partial charge in [0.05, 0.1) is 7.11 Å². The van der Waals surface area contributed by atoms with E-state index in [0.717, 1.165) is 11.3 Å². The van der Waals surface area contributed by atoms with Gasteiger partial charge in [0.1, 0.15) is 5.75 Å². The number of piperidine rings is 1. The Bertz CT molecular complexity index is 739. The average molecular weight is 353 g/mol. The lowest BCUT2D eigenvalue weighted by atomic mass is 9.95. The number of ether oxygens (including phenoxy) is 1. The van der Waals surface area contributed by atoms with Gasteiger partial charge in [-0.3, -0.25) is 14.6 Å². The normalized spacial score (nSPS) is 14.7. The zero-order chi connectivity index (χ0) is 18.4. The molecule has 136 valence electrons. The third-order valence-electron chi connectivity index (χ3n) is 4.71. The summed E-state index contributed by atoms with van der Waals surface area (Å²) in [5.74, 6) is 0.740. The minimum Gasteiger partial charge on any atom is -0.497 e. The van der Waals surface area contributed by atoms with Gasteiger partial charge < -0.3 is 15.0 Å². The van der Waals surface area contributed by atoms with E-state index in [-0.39, 0.29) is 17.7 Å². The van der Waals surface area contributed by atoms with Crippen LogP contribution < -0.4 is 10.1 Å². The van der Waals surface area contributed by atoms with Crippen molar-refractivity contribution in [1.29, 1.82) is 0 Å². The number of carbonyl (C=O) groups excluding carboxylic acids is 2. The molecule has 0 aliphatic carbocycles. The summed E-state index contributed by atoms with van der Waals surface area (Å²) in [6.45, 7) is 1.70. The summed E-state index contributed by atoms with van der Waals surface area (Å²) < 4.78 is 5.12. The maximum Gasteiger partial charge on any atom is 0.253 e. The molecule has 26 heavy (non-hydrogen) atoms. The largest absolute Gasteiger partial charge is 0.497 e. The van der Waals surface area contributed by atoms with Crippen molar-refractivity contribution in [2.45, 2.75) is 19.4 Å². The lowest BCUT2D eigenvalue weighted by molar-refractivity contribution is -0.126. The van der Waals surface area contributed by atoms with Crippen LogP contribution in [0.4, 0.5) is 0 Å². The highest BCUT2D eigenvalue weighted by atomic mass is 16.5. The predicted molar refractivity (Wildman–Crippen MR) is 97.7 cm³/mol. The smallest absolute Gasteiger partial charge is 0.253 e. The third-order valence-corrected chi connectivity index (χ3v) is 4.71. The van der Waals surface area contributed by atoms with Crippen LogP contribution in [0, 0.1) is 5.92 Å². The van der Waals surface area contributed by atoms with Crippen LogP contribution in [-0.2, 0) is 11.3 Å². The maximum atomic E-state index is 12.6. The average Bonchev–Trinajstić information content (AvgIpc) is 2.72. The number of carbonyl (C=O) groups is 2. The molecule has 0 spiro atoms. The van der Waals surface area contributed by atoms with Crippen LogP contribution >= 0.6 is 0 Å². The van der Waals surface area contributed by atoms with E-state index in [2.05, 4.69) is 10.3 Å². The van der Waals surface area contributed by atoms with Crippen LogP contribution in [0.5, 0.6) is 5.75 Å². The van der Waals surface area contributed by atoms with Crippen molar-refractivity contribution < 1.29 is 14.3 Å². The van der Waals surface area contributed by atoms with Crippen LogP contribution in [0.3, 0.4) is 0 Å². The number of methoxy groups -OCH3 is 1. The standard InChI is InChI=1S/C20H23N3O3/c1-26-18-4-2-17(3-5-18)20(25)23-12-8-16(9-13-23)19(24)22-14-15-6-10-21-11-7-15/h2-7,10-11,16H,8-9,12-14H2,1H3,(H,22,24). The summed E-state index contributed by atoms with van der Waals surface area (Å²) in [5, 5.41) is 2.97. The highest BCUT2D eigenvalue weighted by Crippen LogP contribution is 2.20. The Morgan fingerprint density at radius 2 is 1.77 bits per heavy atom. The monoisotopic (exact) mass is 353 g/mol. The maximum absolute atomic E-state index is 12.6. The van der Waals surface area contributed by atoms with Gasteiger partial charge in [-0.2, -0.15) is 0 Å². The number of amides is 2. The molecule has 0 bridgehead atoms. The Labute approximate surface area is 153 Å². The first-order chi connectivity index (χ1) is 12.7. The number of pyridine rings is 1. The molecular formula is C20H23N3O3. The summed E-state index contributed by atoms with van der Waals surface area (Å²) in [6.07, 6.45) is 4.80. The first-order valence-electron chi connectivity index (χ1n) is 8.77. The molecule has 0 unspecified atom stereocenters. The summed E-state index contributed by atoms with van der Waals surface area (Å²) in [5.41, 5.74) is 1.67. The molecule has 1 aromatic carbocycles. The van der Waals surface area contributed by atoms with Crippen LogP contribution in [0.2, 0.25) is 0 Å². The van der Waals surface area contributed by atoms with Crippen molar-refractivity contribution in [1.82, 2.24) is 15.2 Å². The number of likely N-dealkylation sites (tertiary alicyclic amines) is 1. The molecule has 1 aliphatic heterocycles. The van der Waals surface area contributed by atoms with E-state index in [9.17, 15) is 9.59 Å². The van der Waals surface area contributed by atoms with Gasteiger partial charge in [0, 0.05) is 43.5 Å². The molecule has 1 aromatic heterocycles. The van der Waals surface area contributed by atoms with Gasteiger partial charge in [0.25, 0.3) is 5.91 Å². The molecule has 0 atom stereocenters. The van der Waals surface area contributed by atoms with Gasteiger partial charge in [-0.15, -0.1) is 0 Å². The van der Waals surface area contributed by atoms with Crippen LogP contribution in [-0.4, -0.2) is 41.9 Å². The van der Waals surface area contributed by atoms with Gasteiger partial charge in [-0.1, -0.05) is 0 Å². The summed E-state index contributed by atoms with van der Waals surface area (Å²) in [6, 6.07) is 10.9. The lowest BCUT2D eigenvalue weighted by Crippen LogP contribution is -2.42. The zero-order valence-electron chi connectivity index (χ0n) is 14.9. The van der Waals surface area contributed by atoms with Gasteiger partial charge >= 0.3 is 0 Å². The summed E-state index contributed by atoms with van der Waals surface area (Å²) in [7, 11) is 1.60. The molecule has 6 heteroatoms. The van der Waals surface area contributed by atoms with Gasteiger partial charge in [0.2, 0.25) is 5.91 Å². The molecule has 2 amide bonds. The van der Waals surface area contributed by atoms with Crippen molar-refractivity contribution in [3.8, 4) is 5.75 Å². The van der Waals surface area contributed by atoms with Gasteiger partial charge in [-0.05, 0) is 54.8 Å². The van der Waals surface area contributed by atoms with E-state index in [0.29, 0.717) is 38.0 Å². The molecule has 0 saturated carbocycles. The fraction of sp³-hybridized carbons (Fsp3) is 0.350. The highest BCUT2D eigenvalue weighted by molar-refractivity contribution is 5.94. The third kappa shape index (κ3) is 4.39. The first kappa shape index (κ1) is 17.9. The molecule has 2 heterocycles. The van der Waals surface area contributed by atoms with E-state index in [1.807, 2.05) is 17.0 Å². The van der Waals surface area contributed by atoms with Gasteiger partial charge in [-0.25, -0.2) is 0 Å². The minimum atomic E-state index is -0.0447. The van der Waals surface area contributed by atoms with E-state index in [4.69, 9.17) is 4.74 Å². The molecule has 6 nitrogen and oxygen atoms in total. The molecule has 0 radical (unpaired) electrons. The summed E-state index contributed by atoms with van der Waals surface area (Å²) in [4.78, 5) is 30.7. The number of hydrogen-bond donors (Lipinski definition) is 1. The summed E-state index contributed by atoms with van der Waals surface area (Å²) >= 11 is 0. The number of benzene rings is 1. The molecule has 1 fully saturated rings. The Morgan fingerprint density at radius 1 is 1.12 bits per heavy atom. The number of aromatic nitrogens is 1. The number of hydrogen-bond acceptors (Lipinski definition) is 4. The molecule has 1 N–H and O–H groups in total. The molecular weight excluding hydrogens is 330 g/mol. The second kappa shape index (κ2) is 8.47. The fourth-order valence-electron chi connectivity index (χ4n) is 3.10. The SMILES string of the molecule is COc1ccc(C(=O)N2CCC(C(=O)NCc3ccncc3)CC2)cc1. The second-order valence-corrected chi connectivity index (χ2v) is 6.37. The topological polar surface area (TPSA) is 71.5 Å². The molecule has 2 aromatic rings. The van der Waals surface area contributed by atoms with Crippen molar-refractivity contribution in [3.05, 3.63) is 59.9 Å². The quantitative estimate of drug-likeness (QED) is 0.895. The number of nitrogens with zero attached hydrogens (tertiary/aromatic N) is 2. The van der Waals surface area contributed by atoms with Gasteiger partial charge in [0.15, 0.2) is 0 Å². The minimum absolute atomic E-state index is 0.00305. The molecule has 1 saturated heterocycles. The van der Waals surface area contributed by atoms with Crippen molar-refractivity contribution in [2.75, 3.05) is 20.2 Å². The molecule has 1 aliphatic rings. The van der Waals surface area contributed by atoms with Crippen LogP contribution in [0.25, 0.3) is 0 Å². The number of rotatable bonds is 5. The second-order valence-electron chi connectivity index (χ2n) is 6.37. The Balaban J connectivity index is 1.48. The van der Waals surface area contributed by atoms with Crippen LogP contribution in [0.15, 0.2) is 48.8 Å². The lowest BCUT2D eigenvalue weighted by Gasteiger charge is -2.31. The van der Waals surface area contributed by atoms with Crippen molar-refractivity contribution >= 4 is 11.8 Å². The Kier molecular flexibility index (Phi) is 5.84. The van der Waals surface area contributed by atoms with E-state index in [1.54, 1.807) is 43.8 Å². The Morgan fingerprint density at radius 3 is 2.38 bits per heavy atom.